The number of rotatable bonds is 7. The lowest BCUT2D eigenvalue weighted by molar-refractivity contribution is -0.274. The second-order valence-electron chi connectivity index (χ2n) is 6.82. The van der Waals surface area contributed by atoms with Gasteiger partial charge in [-0.1, -0.05) is 35.9 Å². The van der Waals surface area contributed by atoms with Crippen molar-refractivity contribution in [2.45, 2.75) is 25.9 Å². The van der Waals surface area contributed by atoms with Crippen molar-refractivity contribution in [3.8, 4) is 11.5 Å². The molecular weight excluding hydrogens is 451 g/mol. The lowest BCUT2D eigenvalue weighted by atomic mass is 10.0. The van der Waals surface area contributed by atoms with E-state index in [1.54, 1.807) is 24.3 Å². The van der Waals surface area contributed by atoms with Crippen LogP contribution in [-0.4, -0.2) is 29.4 Å². The second kappa shape index (κ2) is 9.35. The number of hydrogen-bond donors (Lipinski definition) is 2. The van der Waals surface area contributed by atoms with E-state index < -0.39 is 24.3 Å². The number of aliphatic carboxylic acids is 1. The van der Waals surface area contributed by atoms with Crippen LogP contribution in [0.15, 0.2) is 54.6 Å². The van der Waals surface area contributed by atoms with Crippen LogP contribution >= 0.6 is 11.6 Å². The Morgan fingerprint density at radius 3 is 2.38 bits per heavy atom. The van der Waals surface area contributed by atoms with Gasteiger partial charge in [0.25, 0.3) is 5.91 Å². The fourth-order valence-corrected chi connectivity index (χ4v) is 3.05. The van der Waals surface area contributed by atoms with Gasteiger partial charge < -0.3 is 19.9 Å². The lowest BCUT2D eigenvalue weighted by Gasteiger charge is -2.16. The zero-order valence-electron chi connectivity index (χ0n) is 16.6. The maximum absolute atomic E-state index is 12.7. The Balaban J connectivity index is 1.90. The Kier molecular flexibility index (Phi) is 6.78. The van der Waals surface area contributed by atoms with E-state index in [2.05, 4.69) is 10.1 Å². The summed E-state index contributed by atoms with van der Waals surface area (Å²) in [7, 11) is 0. The summed E-state index contributed by atoms with van der Waals surface area (Å²) in [5, 5.41) is 13.1. The summed E-state index contributed by atoms with van der Waals surface area (Å²) in [4.78, 5) is 23.8. The van der Waals surface area contributed by atoms with Crippen LogP contribution < -0.4 is 14.8 Å². The molecule has 0 aliphatic rings. The van der Waals surface area contributed by atoms with Crippen LogP contribution in [0.1, 0.15) is 22.8 Å². The molecule has 0 heterocycles. The Hall–Kier alpha value is -3.46. The molecule has 3 aromatic rings. The highest BCUT2D eigenvalue weighted by atomic mass is 35.5. The quantitative estimate of drug-likeness (QED) is 0.500. The van der Waals surface area contributed by atoms with Gasteiger partial charge in [-0.2, -0.15) is 0 Å². The average molecular weight is 468 g/mol. The summed E-state index contributed by atoms with van der Waals surface area (Å²) in [6.45, 7) is 1.25. The first-order valence-corrected chi connectivity index (χ1v) is 9.65. The molecule has 0 bridgehead atoms. The number of nitrogens with one attached hydrogen (secondary N) is 1. The molecule has 6 nitrogen and oxygen atoms in total. The molecule has 0 aliphatic carbocycles. The van der Waals surface area contributed by atoms with E-state index in [4.69, 9.17) is 21.4 Å². The highest BCUT2D eigenvalue weighted by Crippen LogP contribution is 2.33. The minimum atomic E-state index is -4.80. The van der Waals surface area contributed by atoms with Crippen LogP contribution in [0.25, 0.3) is 10.8 Å². The number of alkyl halides is 3. The van der Waals surface area contributed by atoms with Crippen LogP contribution in [0.5, 0.6) is 11.5 Å². The van der Waals surface area contributed by atoms with Gasteiger partial charge in [0.2, 0.25) is 0 Å². The highest BCUT2D eigenvalue weighted by molar-refractivity contribution is 6.31. The normalized spacial score (nSPS) is 12.3. The molecule has 0 fully saturated rings. The van der Waals surface area contributed by atoms with Crippen LogP contribution in [0.4, 0.5) is 13.2 Å². The Morgan fingerprint density at radius 1 is 1.09 bits per heavy atom. The molecule has 168 valence electrons. The van der Waals surface area contributed by atoms with E-state index in [0.29, 0.717) is 16.0 Å². The first kappa shape index (κ1) is 23.2. The van der Waals surface area contributed by atoms with Crippen LogP contribution in [0, 0.1) is 0 Å². The maximum Gasteiger partial charge on any atom is 0.573 e. The number of fused-ring (bicyclic) bond motifs is 1. The van der Waals surface area contributed by atoms with Crippen molar-refractivity contribution in [1.82, 2.24) is 5.32 Å². The molecule has 3 rings (SSSR count). The predicted molar refractivity (Wildman–Crippen MR) is 111 cm³/mol. The fraction of sp³-hybridized carbons (Fsp3) is 0.182. The topological polar surface area (TPSA) is 84.9 Å². The van der Waals surface area contributed by atoms with Crippen LogP contribution in [0.3, 0.4) is 0 Å². The van der Waals surface area contributed by atoms with E-state index in [0.717, 1.165) is 17.5 Å². The summed E-state index contributed by atoms with van der Waals surface area (Å²) >= 11 is 6.10. The number of carboxylic acid groups (broad SMARTS) is 1. The fourth-order valence-electron chi connectivity index (χ4n) is 2.88. The zero-order valence-corrected chi connectivity index (χ0v) is 17.3. The van der Waals surface area contributed by atoms with Gasteiger partial charge in [0, 0.05) is 10.4 Å². The summed E-state index contributed by atoms with van der Waals surface area (Å²) in [6, 6.07) is 12.1. The van der Waals surface area contributed by atoms with Gasteiger partial charge in [-0.3, -0.25) is 9.59 Å². The summed E-state index contributed by atoms with van der Waals surface area (Å²) in [6.07, 6.45) is -4.80. The summed E-state index contributed by atoms with van der Waals surface area (Å²) in [5.74, 6) is -2.08. The predicted octanol–water partition coefficient (Wildman–Crippen LogP) is 5.17. The molecule has 2 N–H and O–H groups in total. The monoisotopic (exact) mass is 467 g/mol. The third kappa shape index (κ3) is 5.82. The Labute approximate surface area is 185 Å². The first-order chi connectivity index (χ1) is 15.0. The van der Waals surface area contributed by atoms with Gasteiger partial charge in [-0.15, -0.1) is 13.2 Å². The van der Waals surface area contributed by atoms with E-state index >= 15 is 0 Å². The molecule has 10 heteroatoms. The van der Waals surface area contributed by atoms with Gasteiger partial charge in [-0.25, -0.2) is 0 Å². The number of carbonyl (C=O) groups is 2. The third-order valence-electron chi connectivity index (χ3n) is 4.44. The Morgan fingerprint density at radius 2 is 1.75 bits per heavy atom. The molecule has 0 radical (unpaired) electrons. The molecule has 0 saturated carbocycles. The number of halogens is 4. The second-order valence-corrected chi connectivity index (χ2v) is 7.26. The largest absolute Gasteiger partial charge is 0.573 e. The zero-order chi connectivity index (χ0) is 23.5. The van der Waals surface area contributed by atoms with Crippen molar-refractivity contribution in [1.29, 1.82) is 0 Å². The molecule has 0 aliphatic heterocycles. The van der Waals surface area contributed by atoms with Crippen molar-refractivity contribution < 1.29 is 37.3 Å². The summed E-state index contributed by atoms with van der Waals surface area (Å²) < 4.78 is 46.7. The number of amides is 1. The van der Waals surface area contributed by atoms with Crippen molar-refractivity contribution >= 4 is 34.2 Å². The molecule has 1 atom stereocenters. The number of carbonyl (C=O) groups excluding carboxylic acids is 1. The van der Waals surface area contributed by atoms with E-state index in [1.807, 2.05) is 0 Å². The SMILES string of the molecule is CC(NC(=O)c1ccc2ccc(Cl)cc2c1OCc1ccc(OC(F)(F)F)cc1)C(=O)O. The first-order valence-electron chi connectivity index (χ1n) is 9.27. The van der Waals surface area contributed by atoms with E-state index in [1.165, 1.54) is 25.1 Å². The smallest absolute Gasteiger partial charge is 0.487 e. The molecule has 1 unspecified atom stereocenters. The lowest BCUT2D eigenvalue weighted by Crippen LogP contribution is -2.38. The van der Waals surface area contributed by atoms with E-state index in [-0.39, 0.29) is 23.7 Å². The van der Waals surface area contributed by atoms with Crippen molar-refractivity contribution in [3.63, 3.8) is 0 Å². The van der Waals surface area contributed by atoms with Gasteiger partial charge in [0.1, 0.15) is 24.1 Å². The van der Waals surface area contributed by atoms with Gasteiger partial charge in [-0.05, 0) is 48.2 Å². The summed E-state index contributed by atoms with van der Waals surface area (Å²) in [5.41, 5.74) is 0.605. The van der Waals surface area contributed by atoms with Crippen molar-refractivity contribution in [2.75, 3.05) is 0 Å². The molecule has 0 spiro atoms. The molecule has 32 heavy (non-hydrogen) atoms. The molecule has 3 aromatic carbocycles. The molecular formula is C22H17ClF3NO5. The maximum atomic E-state index is 12.7. The van der Waals surface area contributed by atoms with Gasteiger partial charge in [0.05, 0.1) is 5.56 Å². The minimum Gasteiger partial charge on any atom is -0.487 e. The van der Waals surface area contributed by atoms with Crippen LogP contribution in [0.2, 0.25) is 5.02 Å². The molecule has 1 amide bonds. The molecule has 0 aromatic heterocycles. The van der Waals surface area contributed by atoms with Crippen molar-refractivity contribution in [2.24, 2.45) is 0 Å². The number of hydrogen-bond acceptors (Lipinski definition) is 4. The van der Waals surface area contributed by atoms with Gasteiger partial charge >= 0.3 is 12.3 Å². The Bertz CT molecular complexity index is 1150. The highest BCUT2D eigenvalue weighted by Gasteiger charge is 2.31. The number of benzene rings is 3. The third-order valence-corrected chi connectivity index (χ3v) is 4.67. The average Bonchev–Trinajstić information content (AvgIpc) is 2.71. The van der Waals surface area contributed by atoms with Crippen molar-refractivity contribution in [3.05, 3.63) is 70.7 Å². The molecule has 0 saturated heterocycles. The number of ether oxygens (including phenoxy) is 2. The van der Waals surface area contributed by atoms with Crippen LogP contribution in [-0.2, 0) is 11.4 Å². The van der Waals surface area contributed by atoms with Gasteiger partial charge in [0.15, 0.2) is 0 Å². The standard InChI is InChI=1S/C22H17ClF3NO5/c1-12(21(29)30)27-20(28)17-9-5-14-4-6-15(23)10-18(14)19(17)31-11-13-2-7-16(8-3-13)32-22(24,25)26/h2-10,12H,11H2,1H3,(H,27,28)(H,29,30). The minimum absolute atomic E-state index is 0.0767. The van der Waals surface area contributed by atoms with E-state index in [9.17, 15) is 22.8 Å². The number of carboxylic acids is 1.